The predicted octanol–water partition coefficient (Wildman–Crippen LogP) is 5.28. The molecule has 1 aromatic heterocycles. The van der Waals surface area contributed by atoms with Crippen molar-refractivity contribution in [2.45, 2.75) is 6.18 Å². The Kier molecular flexibility index (Phi) is 5.71. The molecule has 0 fully saturated rings. The van der Waals surface area contributed by atoms with Gasteiger partial charge in [-0.2, -0.15) is 13.2 Å². The number of carbonyl (C=O) groups is 1. The summed E-state index contributed by atoms with van der Waals surface area (Å²) in [5.41, 5.74) is -0.567. The Morgan fingerprint density at radius 2 is 1.71 bits per heavy atom. The lowest BCUT2D eigenvalue weighted by Gasteiger charge is -2.16. The van der Waals surface area contributed by atoms with Crippen LogP contribution in [0.5, 0.6) is 0 Å². The van der Waals surface area contributed by atoms with Crippen LogP contribution in [0.1, 0.15) is 15.9 Å². The molecule has 0 atom stereocenters. The van der Waals surface area contributed by atoms with Gasteiger partial charge >= 0.3 is 6.18 Å². The van der Waals surface area contributed by atoms with Crippen molar-refractivity contribution >= 4 is 40.5 Å². The maximum absolute atomic E-state index is 13.5. The van der Waals surface area contributed by atoms with Gasteiger partial charge in [-0.15, -0.1) is 0 Å². The van der Waals surface area contributed by atoms with Crippen LogP contribution < -0.4 is 10.6 Å². The van der Waals surface area contributed by atoms with E-state index in [-0.39, 0.29) is 27.1 Å². The monoisotopic (exact) mass is 423 g/mol. The molecule has 0 unspecified atom stereocenters. The number of anilines is 1. The number of amides is 1. The average Bonchev–Trinajstić information content (AvgIpc) is 3.15. The first-order chi connectivity index (χ1) is 13.3. The minimum absolute atomic E-state index is 0.0194. The van der Waals surface area contributed by atoms with Crippen LogP contribution in [0.2, 0.25) is 5.02 Å². The lowest BCUT2D eigenvalue weighted by atomic mass is 10.1. The molecule has 0 saturated heterocycles. The zero-order chi connectivity index (χ0) is 20.3. The van der Waals surface area contributed by atoms with Gasteiger partial charge in [0.25, 0.3) is 5.91 Å². The van der Waals surface area contributed by atoms with Gasteiger partial charge in [0.2, 0.25) is 0 Å². The van der Waals surface area contributed by atoms with E-state index >= 15 is 0 Å². The standard InChI is InChI=1S/C19H13ClF3N3OS/c20-15-6-2-1-5-13(15)17(27)25-18(28)24-12-7-8-16(26-9-3-4-10-26)14(11-12)19(21,22)23/h1-11H,(H2,24,25,27,28). The van der Waals surface area contributed by atoms with Gasteiger partial charge in [-0.25, -0.2) is 0 Å². The Labute approximate surface area is 168 Å². The number of benzene rings is 2. The van der Waals surface area contributed by atoms with E-state index in [9.17, 15) is 18.0 Å². The van der Waals surface area contributed by atoms with E-state index in [4.69, 9.17) is 23.8 Å². The SMILES string of the molecule is O=C(NC(=S)Nc1ccc(-n2cccc2)c(C(F)(F)F)c1)c1ccccc1Cl. The number of rotatable bonds is 3. The molecule has 0 bridgehead atoms. The van der Waals surface area contributed by atoms with Crippen molar-refractivity contribution in [1.29, 1.82) is 0 Å². The molecule has 3 rings (SSSR count). The van der Waals surface area contributed by atoms with E-state index in [0.29, 0.717) is 0 Å². The molecule has 0 aliphatic carbocycles. The second-order valence-corrected chi connectivity index (χ2v) is 6.52. The molecule has 0 aliphatic rings. The van der Waals surface area contributed by atoms with Gasteiger partial charge < -0.3 is 9.88 Å². The number of hydrogen-bond donors (Lipinski definition) is 2. The molecule has 3 aromatic rings. The van der Waals surface area contributed by atoms with E-state index in [2.05, 4.69) is 10.6 Å². The predicted molar refractivity (Wildman–Crippen MR) is 106 cm³/mol. The van der Waals surface area contributed by atoms with Crippen molar-refractivity contribution in [1.82, 2.24) is 9.88 Å². The van der Waals surface area contributed by atoms with Crippen LogP contribution in [0.25, 0.3) is 5.69 Å². The second-order valence-electron chi connectivity index (χ2n) is 5.71. The maximum Gasteiger partial charge on any atom is 0.418 e. The fourth-order valence-corrected chi connectivity index (χ4v) is 2.97. The molecule has 0 saturated carbocycles. The fourth-order valence-electron chi connectivity index (χ4n) is 2.54. The van der Waals surface area contributed by atoms with Gasteiger partial charge in [-0.05, 0) is 54.7 Å². The molecular weight excluding hydrogens is 411 g/mol. The first kappa shape index (κ1) is 19.9. The Balaban J connectivity index is 1.80. The normalized spacial score (nSPS) is 11.1. The largest absolute Gasteiger partial charge is 0.418 e. The van der Waals surface area contributed by atoms with E-state index in [1.54, 1.807) is 30.3 Å². The molecular formula is C19H13ClF3N3OS. The Bertz CT molecular complexity index is 1020. The van der Waals surface area contributed by atoms with Gasteiger partial charge in [0, 0.05) is 18.1 Å². The van der Waals surface area contributed by atoms with E-state index in [1.165, 1.54) is 35.2 Å². The highest BCUT2D eigenvalue weighted by atomic mass is 35.5. The number of alkyl halides is 3. The lowest BCUT2D eigenvalue weighted by Crippen LogP contribution is -2.34. The summed E-state index contributed by atoms with van der Waals surface area (Å²) in [4.78, 5) is 12.2. The number of aromatic nitrogens is 1. The summed E-state index contributed by atoms with van der Waals surface area (Å²) in [7, 11) is 0. The summed E-state index contributed by atoms with van der Waals surface area (Å²) in [6.45, 7) is 0. The summed E-state index contributed by atoms with van der Waals surface area (Å²) in [6.07, 6.45) is -1.53. The van der Waals surface area contributed by atoms with Crippen molar-refractivity contribution in [3.63, 3.8) is 0 Å². The lowest BCUT2D eigenvalue weighted by molar-refractivity contribution is -0.137. The third-order valence-electron chi connectivity index (χ3n) is 3.79. The minimum Gasteiger partial charge on any atom is -0.332 e. The van der Waals surface area contributed by atoms with Crippen LogP contribution in [-0.2, 0) is 6.18 Å². The van der Waals surface area contributed by atoms with Crippen LogP contribution in [0.15, 0.2) is 67.0 Å². The van der Waals surface area contributed by atoms with Crippen molar-refractivity contribution in [3.05, 3.63) is 83.1 Å². The number of nitrogens with one attached hydrogen (secondary N) is 2. The van der Waals surface area contributed by atoms with Crippen LogP contribution in [-0.4, -0.2) is 15.6 Å². The summed E-state index contributed by atoms with van der Waals surface area (Å²) in [5.74, 6) is -0.567. The van der Waals surface area contributed by atoms with Gasteiger partial charge in [-0.3, -0.25) is 10.1 Å². The van der Waals surface area contributed by atoms with E-state index in [1.807, 2.05) is 0 Å². The molecule has 0 aliphatic heterocycles. The molecule has 2 N–H and O–H groups in total. The molecule has 0 radical (unpaired) electrons. The molecule has 2 aromatic carbocycles. The number of nitrogens with zero attached hydrogens (tertiary/aromatic N) is 1. The molecule has 0 spiro atoms. The Morgan fingerprint density at radius 1 is 1.04 bits per heavy atom. The van der Waals surface area contributed by atoms with Gasteiger partial charge in [0.1, 0.15) is 0 Å². The summed E-state index contributed by atoms with van der Waals surface area (Å²) in [6, 6.07) is 13.3. The first-order valence-electron chi connectivity index (χ1n) is 7.97. The third-order valence-corrected chi connectivity index (χ3v) is 4.32. The van der Waals surface area contributed by atoms with Crippen molar-refractivity contribution in [2.24, 2.45) is 0 Å². The molecule has 1 amide bonds. The third kappa shape index (κ3) is 4.52. The molecule has 9 heteroatoms. The minimum atomic E-state index is -4.57. The fraction of sp³-hybridized carbons (Fsp3) is 0.0526. The molecule has 4 nitrogen and oxygen atoms in total. The Hall–Kier alpha value is -2.84. The number of halogens is 4. The smallest absolute Gasteiger partial charge is 0.332 e. The average molecular weight is 424 g/mol. The molecule has 28 heavy (non-hydrogen) atoms. The van der Waals surface area contributed by atoms with Crippen LogP contribution in [0, 0.1) is 0 Å². The quantitative estimate of drug-likeness (QED) is 0.564. The Morgan fingerprint density at radius 3 is 2.36 bits per heavy atom. The van der Waals surface area contributed by atoms with Crippen LogP contribution >= 0.6 is 23.8 Å². The molecule has 144 valence electrons. The van der Waals surface area contributed by atoms with Crippen molar-refractivity contribution in [2.75, 3.05) is 5.32 Å². The van der Waals surface area contributed by atoms with E-state index in [0.717, 1.165) is 6.07 Å². The van der Waals surface area contributed by atoms with Crippen LogP contribution in [0.3, 0.4) is 0 Å². The highest BCUT2D eigenvalue weighted by Gasteiger charge is 2.34. The van der Waals surface area contributed by atoms with Crippen molar-refractivity contribution < 1.29 is 18.0 Å². The second kappa shape index (κ2) is 8.04. The highest BCUT2D eigenvalue weighted by molar-refractivity contribution is 7.80. The van der Waals surface area contributed by atoms with Crippen molar-refractivity contribution in [3.8, 4) is 5.69 Å². The topological polar surface area (TPSA) is 46.1 Å². The maximum atomic E-state index is 13.5. The zero-order valence-corrected chi connectivity index (χ0v) is 15.7. The van der Waals surface area contributed by atoms with Crippen LogP contribution in [0.4, 0.5) is 18.9 Å². The number of hydrogen-bond acceptors (Lipinski definition) is 2. The van der Waals surface area contributed by atoms with Gasteiger partial charge in [0.05, 0.1) is 21.8 Å². The summed E-state index contributed by atoms with van der Waals surface area (Å²) < 4.78 is 41.8. The molecule has 1 heterocycles. The van der Waals surface area contributed by atoms with Gasteiger partial charge in [-0.1, -0.05) is 23.7 Å². The first-order valence-corrected chi connectivity index (χ1v) is 8.76. The number of carbonyl (C=O) groups excluding carboxylic acids is 1. The zero-order valence-electron chi connectivity index (χ0n) is 14.1. The number of thiocarbonyl (C=S) groups is 1. The summed E-state index contributed by atoms with van der Waals surface area (Å²) in [5, 5.41) is 5.08. The van der Waals surface area contributed by atoms with E-state index < -0.39 is 17.6 Å². The van der Waals surface area contributed by atoms with Gasteiger partial charge in [0.15, 0.2) is 5.11 Å². The highest BCUT2D eigenvalue weighted by Crippen LogP contribution is 2.35. The summed E-state index contributed by atoms with van der Waals surface area (Å²) >= 11 is 11.0.